The predicted molar refractivity (Wildman–Crippen MR) is 124 cm³/mol. The average Bonchev–Trinajstić information content (AvgIpc) is 3.22. The maximum atomic E-state index is 13.9. The average molecular weight is 486 g/mol. The molecule has 3 unspecified atom stereocenters. The van der Waals surface area contributed by atoms with E-state index in [1.54, 1.807) is 42.3 Å². The van der Waals surface area contributed by atoms with Gasteiger partial charge in [0.25, 0.3) is 5.91 Å². The van der Waals surface area contributed by atoms with Crippen LogP contribution in [0.1, 0.15) is 41.0 Å². The van der Waals surface area contributed by atoms with Gasteiger partial charge >= 0.3 is 0 Å². The fourth-order valence-electron chi connectivity index (χ4n) is 4.70. The predicted octanol–water partition coefficient (Wildman–Crippen LogP) is 3.13. The SMILES string of the molecule is COc1cc(C(=O)N2CC3CCN3C(=O)C2C)cn2nc(CC(CF)c3cccc(Cl)c3)nc12. The third-order valence-electron chi connectivity index (χ3n) is 6.77. The maximum absolute atomic E-state index is 13.9. The number of nitrogens with zero attached hydrogens (tertiary/aromatic N) is 5. The van der Waals surface area contributed by atoms with Crippen molar-refractivity contribution in [3.63, 3.8) is 0 Å². The molecule has 2 aliphatic heterocycles. The number of alkyl halides is 1. The number of carbonyl (C=O) groups excluding carboxylic acids is 2. The van der Waals surface area contributed by atoms with Crippen LogP contribution in [0.15, 0.2) is 36.5 Å². The Kier molecular flexibility index (Phi) is 5.89. The molecule has 0 radical (unpaired) electrons. The highest BCUT2D eigenvalue weighted by Crippen LogP contribution is 2.29. The van der Waals surface area contributed by atoms with Crippen molar-refractivity contribution in [2.24, 2.45) is 0 Å². The molecule has 2 fully saturated rings. The molecule has 0 aliphatic carbocycles. The molecule has 2 aliphatic rings. The molecule has 34 heavy (non-hydrogen) atoms. The third kappa shape index (κ3) is 3.87. The van der Waals surface area contributed by atoms with Crippen molar-refractivity contribution in [1.29, 1.82) is 0 Å². The molecule has 8 nitrogen and oxygen atoms in total. The number of halogens is 2. The van der Waals surface area contributed by atoms with Crippen LogP contribution < -0.4 is 4.74 Å². The molecule has 0 saturated carbocycles. The van der Waals surface area contributed by atoms with Gasteiger partial charge in [-0.05, 0) is 37.1 Å². The number of rotatable bonds is 6. The quantitative estimate of drug-likeness (QED) is 0.536. The second-order valence-electron chi connectivity index (χ2n) is 8.81. The number of aromatic nitrogens is 3. The molecule has 2 aromatic heterocycles. The van der Waals surface area contributed by atoms with Gasteiger partial charge in [0.1, 0.15) is 6.04 Å². The second-order valence-corrected chi connectivity index (χ2v) is 9.25. The van der Waals surface area contributed by atoms with Crippen LogP contribution in [0.4, 0.5) is 4.39 Å². The van der Waals surface area contributed by atoms with E-state index < -0.39 is 18.6 Å². The van der Waals surface area contributed by atoms with Crippen molar-refractivity contribution in [2.75, 3.05) is 26.9 Å². The summed E-state index contributed by atoms with van der Waals surface area (Å²) in [5, 5.41) is 5.04. The summed E-state index contributed by atoms with van der Waals surface area (Å²) in [4.78, 5) is 33.9. The molecule has 0 spiro atoms. The largest absolute Gasteiger partial charge is 0.493 e. The Morgan fingerprint density at radius 3 is 2.85 bits per heavy atom. The normalized spacial score (nSPS) is 20.8. The van der Waals surface area contributed by atoms with Crippen LogP contribution in [0.2, 0.25) is 5.02 Å². The summed E-state index contributed by atoms with van der Waals surface area (Å²) in [6, 6.07) is 8.26. The van der Waals surface area contributed by atoms with E-state index in [0.717, 1.165) is 18.5 Å². The summed E-state index contributed by atoms with van der Waals surface area (Å²) in [6.07, 6.45) is 2.75. The van der Waals surface area contributed by atoms with Crippen molar-refractivity contribution in [3.8, 4) is 5.75 Å². The summed E-state index contributed by atoms with van der Waals surface area (Å²) >= 11 is 6.07. The van der Waals surface area contributed by atoms with Crippen LogP contribution >= 0.6 is 11.6 Å². The minimum Gasteiger partial charge on any atom is -0.493 e. The number of piperazine rings is 1. The highest BCUT2D eigenvalue weighted by Gasteiger charge is 2.44. The van der Waals surface area contributed by atoms with Crippen LogP contribution in [0.25, 0.3) is 5.65 Å². The van der Waals surface area contributed by atoms with Gasteiger partial charge in [0.15, 0.2) is 17.2 Å². The first-order chi connectivity index (χ1) is 16.4. The van der Waals surface area contributed by atoms with Gasteiger partial charge in [-0.25, -0.2) is 9.50 Å². The Hall–Kier alpha value is -3.20. The van der Waals surface area contributed by atoms with Gasteiger partial charge in [-0.15, -0.1) is 0 Å². The topological polar surface area (TPSA) is 80.0 Å². The van der Waals surface area contributed by atoms with Crippen molar-refractivity contribution in [2.45, 2.75) is 37.8 Å². The van der Waals surface area contributed by atoms with Gasteiger partial charge in [-0.1, -0.05) is 23.7 Å². The molecule has 5 rings (SSSR count). The lowest BCUT2D eigenvalue weighted by Crippen LogP contribution is -2.67. The molecular formula is C24H25ClFN5O3. The summed E-state index contributed by atoms with van der Waals surface area (Å²) in [7, 11) is 1.49. The fourth-order valence-corrected chi connectivity index (χ4v) is 4.90. The number of pyridine rings is 1. The molecule has 1 aromatic carbocycles. The molecule has 0 N–H and O–H groups in total. The first kappa shape index (κ1) is 22.6. The lowest BCUT2D eigenvalue weighted by molar-refractivity contribution is -0.150. The lowest BCUT2D eigenvalue weighted by atomic mass is 9.95. The van der Waals surface area contributed by atoms with Gasteiger partial charge in [-0.2, -0.15) is 5.10 Å². The summed E-state index contributed by atoms with van der Waals surface area (Å²) in [5.74, 6) is 0.0758. The minimum atomic E-state index is -0.587. The molecule has 10 heteroatoms. The van der Waals surface area contributed by atoms with Crippen molar-refractivity contribution < 1.29 is 18.7 Å². The van der Waals surface area contributed by atoms with E-state index in [2.05, 4.69) is 10.1 Å². The van der Waals surface area contributed by atoms with Crippen LogP contribution in [-0.2, 0) is 11.2 Å². The number of hydrogen-bond donors (Lipinski definition) is 0. The number of methoxy groups -OCH3 is 1. The summed E-state index contributed by atoms with van der Waals surface area (Å²) in [5.41, 5.74) is 1.56. The fraction of sp³-hybridized carbons (Fsp3) is 0.417. The van der Waals surface area contributed by atoms with Gasteiger partial charge in [0, 0.05) is 36.6 Å². The van der Waals surface area contributed by atoms with E-state index in [-0.39, 0.29) is 24.3 Å². The Morgan fingerprint density at radius 1 is 1.35 bits per heavy atom. The lowest BCUT2D eigenvalue weighted by Gasteiger charge is -2.50. The minimum absolute atomic E-state index is 0.0229. The zero-order valence-electron chi connectivity index (χ0n) is 18.9. The van der Waals surface area contributed by atoms with E-state index in [4.69, 9.17) is 16.3 Å². The Bertz CT molecular complexity index is 1260. The van der Waals surface area contributed by atoms with Crippen LogP contribution in [0, 0.1) is 0 Å². The van der Waals surface area contributed by atoms with Crippen molar-refractivity contribution in [3.05, 3.63) is 58.5 Å². The summed E-state index contributed by atoms with van der Waals surface area (Å²) < 4.78 is 20.8. The van der Waals surface area contributed by atoms with Gasteiger partial charge in [0.05, 0.1) is 25.4 Å². The van der Waals surface area contributed by atoms with Gasteiger partial charge in [-0.3, -0.25) is 14.0 Å². The zero-order chi connectivity index (χ0) is 24.0. The van der Waals surface area contributed by atoms with Crippen molar-refractivity contribution in [1.82, 2.24) is 24.4 Å². The van der Waals surface area contributed by atoms with E-state index in [1.807, 2.05) is 11.0 Å². The standard InChI is InChI=1S/C24H25ClFN5O3/c1-14-23(32)29-7-6-19(29)13-30(14)24(33)17-9-20(34-2)22-27-21(28-31(22)12-17)10-16(11-26)15-4-3-5-18(25)8-15/h3-5,8-9,12,14,16,19H,6-7,10-11,13H2,1-2H3. The molecule has 2 amide bonds. The van der Waals surface area contributed by atoms with Crippen LogP contribution in [0.3, 0.4) is 0 Å². The first-order valence-electron chi connectivity index (χ1n) is 11.3. The zero-order valence-corrected chi connectivity index (χ0v) is 19.7. The summed E-state index contributed by atoms with van der Waals surface area (Å²) in [6.45, 7) is 2.43. The van der Waals surface area contributed by atoms with E-state index in [1.165, 1.54) is 11.6 Å². The molecule has 3 aromatic rings. The molecule has 0 bridgehead atoms. The van der Waals surface area contributed by atoms with Crippen molar-refractivity contribution >= 4 is 29.1 Å². The molecular weight excluding hydrogens is 461 g/mol. The molecule has 2 saturated heterocycles. The smallest absolute Gasteiger partial charge is 0.256 e. The number of ether oxygens (including phenoxy) is 1. The highest BCUT2D eigenvalue weighted by molar-refractivity contribution is 6.30. The molecule has 4 heterocycles. The highest BCUT2D eigenvalue weighted by atomic mass is 35.5. The Morgan fingerprint density at radius 2 is 2.18 bits per heavy atom. The van der Waals surface area contributed by atoms with E-state index >= 15 is 0 Å². The second kappa shape index (κ2) is 8.87. The monoisotopic (exact) mass is 485 g/mol. The number of hydrogen-bond acceptors (Lipinski definition) is 5. The van der Waals surface area contributed by atoms with E-state index in [9.17, 15) is 14.0 Å². The molecule has 3 atom stereocenters. The van der Waals surface area contributed by atoms with Crippen LogP contribution in [-0.4, -0.2) is 75.2 Å². The number of fused-ring (bicyclic) bond motifs is 2. The Balaban J connectivity index is 1.44. The van der Waals surface area contributed by atoms with Crippen LogP contribution in [0.5, 0.6) is 5.75 Å². The van der Waals surface area contributed by atoms with Gasteiger partial charge < -0.3 is 14.5 Å². The third-order valence-corrected chi connectivity index (χ3v) is 7.00. The maximum Gasteiger partial charge on any atom is 0.256 e. The number of benzene rings is 1. The van der Waals surface area contributed by atoms with Gasteiger partial charge in [0.2, 0.25) is 5.91 Å². The number of carbonyl (C=O) groups is 2. The van der Waals surface area contributed by atoms with E-state index in [0.29, 0.717) is 34.4 Å². The first-order valence-corrected chi connectivity index (χ1v) is 11.6. The molecule has 178 valence electrons. The Labute approximate surface area is 201 Å². The number of amides is 2.